The summed E-state index contributed by atoms with van der Waals surface area (Å²) in [6, 6.07) is 5.49. The van der Waals surface area contributed by atoms with Gasteiger partial charge in [-0.05, 0) is 29.7 Å². The molecule has 0 spiro atoms. The van der Waals surface area contributed by atoms with Crippen molar-refractivity contribution in [3.8, 4) is 5.75 Å². The maximum atomic E-state index is 10.3. The predicted octanol–water partition coefficient (Wildman–Crippen LogP) is 0.341. The number of aliphatic hydroxyl groups is 1. The average molecular weight is 220 g/mol. The first kappa shape index (κ1) is 10.1. The van der Waals surface area contributed by atoms with E-state index in [4.69, 9.17) is 5.73 Å². The Morgan fingerprint density at radius 3 is 3.00 bits per heavy atom. The Bertz CT molecular complexity index is 421. The highest BCUT2D eigenvalue weighted by atomic mass is 16.3. The molecule has 16 heavy (non-hydrogen) atoms. The van der Waals surface area contributed by atoms with Gasteiger partial charge in [-0.25, -0.2) is 0 Å². The summed E-state index contributed by atoms with van der Waals surface area (Å²) in [4.78, 5) is 2.23. The fraction of sp³-hybridized carbons (Fsp3) is 0.500. The normalized spacial score (nSPS) is 33.5. The van der Waals surface area contributed by atoms with Crippen LogP contribution in [0.25, 0.3) is 0 Å². The van der Waals surface area contributed by atoms with E-state index in [1.807, 2.05) is 6.07 Å². The number of nitrogens with two attached hydrogens (primary N) is 1. The molecule has 2 heterocycles. The molecule has 86 valence electrons. The summed E-state index contributed by atoms with van der Waals surface area (Å²) in [5, 5.41) is 19.7. The van der Waals surface area contributed by atoms with E-state index in [2.05, 4.69) is 4.90 Å². The van der Waals surface area contributed by atoms with Gasteiger partial charge in [0.15, 0.2) is 0 Å². The minimum absolute atomic E-state index is 0.115. The van der Waals surface area contributed by atoms with E-state index in [0.717, 1.165) is 30.6 Å². The van der Waals surface area contributed by atoms with E-state index < -0.39 is 6.10 Å². The summed E-state index contributed by atoms with van der Waals surface area (Å²) >= 11 is 0. The second kappa shape index (κ2) is 3.45. The molecule has 0 amide bonds. The molecule has 2 aliphatic rings. The van der Waals surface area contributed by atoms with Crippen LogP contribution in [0, 0.1) is 0 Å². The van der Waals surface area contributed by atoms with Crippen LogP contribution in [0.15, 0.2) is 18.2 Å². The molecule has 0 bridgehead atoms. The van der Waals surface area contributed by atoms with E-state index in [-0.39, 0.29) is 17.8 Å². The third-order valence-electron chi connectivity index (χ3n) is 3.67. The number of phenolic OH excluding ortho intramolecular Hbond substituents is 1. The lowest BCUT2D eigenvalue weighted by atomic mass is 9.91. The second-order valence-corrected chi connectivity index (χ2v) is 4.82. The molecule has 0 saturated carbocycles. The summed E-state index contributed by atoms with van der Waals surface area (Å²) in [5.41, 5.74) is 7.87. The highest BCUT2D eigenvalue weighted by Gasteiger charge is 2.39. The van der Waals surface area contributed by atoms with Crippen LogP contribution in [-0.2, 0) is 6.54 Å². The topological polar surface area (TPSA) is 69.7 Å². The number of hydrogen-bond acceptors (Lipinski definition) is 4. The minimum atomic E-state index is -0.524. The van der Waals surface area contributed by atoms with Gasteiger partial charge in [0.2, 0.25) is 0 Å². The largest absolute Gasteiger partial charge is 0.508 e. The van der Waals surface area contributed by atoms with Gasteiger partial charge in [0, 0.05) is 25.2 Å². The molecule has 0 radical (unpaired) electrons. The summed E-state index contributed by atoms with van der Waals surface area (Å²) in [5.74, 6) is 0.216. The van der Waals surface area contributed by atoms with Crippen molar-refractivity contribution in [3.05, 3.63) is 29.3 Å². The van der Waals surface area contributed by atoms with Gasteiger partial charge >= 0.3 is 0 Å². The van der Waals surface area contributed by atoms with Crippen molar-refractivity contribution in [2.75, 3.05) is 6.54 Å². The Labute approximate surface area is 94.3 Å². The number of rotatable bonds is 0. The number of nitrogens with zero attached hydrogens (tertiary/aromatic N) is 1. The van der Waals surface area contributed by atoms with E-state index in [1.54, 1.807) is 12.1 Å². The van der Waals surface area contributed by atoms with Gasteiger partial charge in [-0.3, -0.25) is 4.90 Å². The van der Waals surface area contributed by atoms with Crippen molar-refractivity contribution in [1.82, 2.24) is 4.90 Å². The molecule has 3 atom stereocenters. The number of fused-ring (bicyclic) bond motifs is 2. The van der Waals surface area contributed by atoms with E-state index in [0.29, 0.717) is 0 Å². The molecule has 2 aliphatic heterocycles. The first-order chi connectivity index (χ1) is 7.65. The first-order valence-corrected chi connectivity index (χ1v) is 5.64. The van der Waals surface area contributed by atoms with Crippen LogP contribution in [0.4, 0.5) is 0 Å². The van der Waals surface area contributed by atoms with Crippen molar-refractivity contribution in [1.29, 1.82) is 0 Å². The Morgan fingerprint density at radius 1 is 1.38 bits per heavy atom. The SMILES string of the molecule is NC1CC2C(O)c3cc(O)ccc3CN2C1. The van der Waals surface area contributed by atoms with Crippen LogP contribution in [0.2, 0.25) is 0 Å². The second-order valence-electron chi connectivity index (χ2n) is 4.82. The minimum Gasteiger partial charge on any atom is -0.508 e. The first-order valence-electron chi connectivity index (χ1n) is 5.64. The number of phenols is 1. The molecule has 4 nitrogen and oxygen atoms in total. The standard InChI is InChI=1S/C12H16N2O2/c13-8-3-11-12(16)10-4-9(15)2-1-7(10)5-14(11)6-8/h1-2,4,8,11-12,15-16H,3,5-6,13H2. The van der Waals surface area contributed by atoms with Crippen LogP contribution < -0.4 is 5.73 Å². The lowest BCUT2D eigenvalue weighted by molar-refractivity contribution is 0.0531. The zero-order valence-corrected chi connectivity index (χ0v) is 9.00. The zero-order valence-electron chi connectivity index (χ0n) is 9.00. The van der Waals surface area contributed by atoms with Gasteiger partial charge in [0.1, 0.15) is 5.75 Å². The molecule has 1 saturated heterocycles. The molecule has 3 unspecified atom stereocenters. The van der Waals surface area contributed by atoms with Crippen LogP contribution in [0.3, 0.4) is 0 Å². The zero-order chi connectivity index (χ0) is 11.3. The van der Waals surface area contributed by atoms with Gasteiger partial charge in [-0.1, -0.05) is 6.07 Å². The average Bonchev–Trinajstić information content (AvgIpc) is 2.61. The Hall–Kier alpha value is -1.10. The summed E-state index contributed by atoms with van der Waals surface area (Å²) in [7, 11) is 0. The van der Waals surface area contributed by atoms with Crippen LogP contribution >= 0.6 is 0 Å². The fourth-order valence-corrected chi connectivity index (χ4v) is 2.91. The summed E-state index contributed by atoms with van der Waals surface area (Å²) in [6.07, 6.45) is 0.306. The monoisotopic (exact) mass is 220 g/mol. The number of aliphatic hydroxyl groups excluding tert-OH is 1. The molecular weight excluding hydrogens is 204 g/mol. The lowest BCUT2D eigenvalue weighted by Crippen LogP contribution is -2.38. The lowest BCUT2D eigenvalue weighted by Gasteiger charge is -2.35. The van der Waals surface area contributed by atoms with E-state index >= 15 is 0 Å². The van der Waals surface area contributed by atoms with Gasteiger partial charge in [-0.15, -0.1) is 0 Å². The third-order valence-corrected chi connectivity index (χ3v) is 3.67. The van der Waals surface area contributed by atoms with Crippen LogP contribution in [0.1, 0.15) is 23.7 Å². The van der Waals surface area contributed by atoms with Crippen LogP contribution in [-0.4, -0.2) is 33.7 Å². The number of aromatic hydroxyl groups is 1. The maximum absolute atomic E-state index is 10.3. The number of benzene rings is 1. The highest BCUT2D eigenvalue weighted by molar-refractivity contribution is 5.39. The smallest absolute Gasteiger partial charge is 0.115 e. The molecule has 1 fully saturated rings. The summed E-state index contributed by atoms with van der Waals surface area (Å²) < 4.78 is 0. The molecule has 4 heteroatoms. The molecule has 1 aromatic rings. The maximum Gasteiger partial charge on any atom is 0.115 e. The van der Waals surface area contributed by atoms with E-state index in [1.165, 1.54) is 0 Å². The van der Waals surface area contributed by atoms with Crippen molar-refractivity contribution in [2.45, 2.75) is 31.2 Å². The molecule has 3 rings (SSSR count). The van der Waals surface area contributed by atoms with Gasteiger partial charge in [0.05, 0.1) is 6.10 Å². The molecule has 0 aromatic heterocycles. The quantitative estimate of drug-likeness (QED) is 0.589. The van der Waals surface area contributed by atoms with Gasteiger partial charge in [0.25, 0.3) is 0 Å². The summed E-state index contributed by atoms with van der Waals surface area (Å²) in [6.45, 7) is 1.67. The van der Waals surface area contributed by atoms with Crippen molar-refractivity contribution in [2.24, 2.45) is 5.73 Å². The molecule has 1 aromatic carbocycles. The van der Waals surface area contributed by atoms with Crippen LogP contribution in [0.5, 0.6) is 5.75 Å². The molecule has 4 N–H and O–H groups in total. The Balaban J connectivity index is 2.00. The van der Waals surface area contributed by atoms with Gasteiger partial charge < -0.3 is 15.9 Å². The predicted molar refractivity (Wildman–Crippen MR) is 59.9 cm³/mol. The Morgan fingerprint density at radius 2 is 2.19 bits per heavy atom. The molecular formula is C12H16N2O2. The fourth-order valence-electron chi connectivity index (χ4n) is 2.91. The Kier molecular flexibility index (Phi) is 2.17. The van der Waals surface area contributed by atoms with Crippen molar-refractivity contribution < 1.29 is 10.2 Å². The molecule has 0 aliphatic carbocycles. The third kappa shape index (κ3) is 1.42. The number of hydrogen-bond donors (Lipinski definition) is 3. The van der Waals surface area contributed by atoms with Crippen molar-refractivity contribution in [3.63, 3.8) is 0 Å². The van der Waals surface area contributed by atoms with E-state index in [9.17, 15) is 10.2 Å². The van der Waals surface area contributed by atoms with Crippen molar-refractivity contribution >= 4 is 0 Å². The van der Waals surface area contributed by atoms with Gasteiger partial charge in [-0.2, -0.15) is 0 Å². The highest BCUT2D eigenvalue weighted by Crippen LogP contribution is 2.38.